The maximum atomic E-state index is 6.52. The number of benzene rings is 2. The van der Waals surface area contributed by atoms with Crippen LogP contribution in [0.5, 0.6) is 11.5 Å². The highest BCUT2D eigenvalue weighted by Gasteiger charge is 2.14. The Kier molecular flexibility index (Phi) is 7.88. The molecule has 1 aromatic heterocycles. The molecule has 2 N–H and O–H groups in total. The molecule has 0 spiro atoms. The Labute approximate surface area is 195 Å². The Morgan fingerprint density at radius 3 is 2.50 bits per heavy atom. The summed E-state index contributed by atoms with van der Waals surface area (Å²) in [7, 11) is 0. The quantitative estimate of drug-likeness (QED) is 0.353. The van der Waals surface area contributed by atoms with Gasteiger partial charge in [-0.1, -0.05) is 47.8 Å². The highest BCUT2D eigenvalue weighted by Crippen LogP contribution is 2.37. The van der Waals surface area contributed by atoms with Crippen molar-refractivity contribution in [3.63, 3.8) is 0 Å². The van der Waals surface area contributed by atoms with E-state index in [0.717, 1.165) is 23.4 Å². The molecule has 160 valence electrons. The molecule has 0 atom stereocenters. The van der Waals surface area contributed by atoms with Gasteiger partial charge in [0, 0.05) is 6.42 Å². The predicted octanol–water partition coefficient (Wildman–Crippen LogP) is 6.18. The fourth-order valence-electron chi connectivity index (χ4n) is 2.81. The van der Waals surface area contributed by atoms with Crippen molar-refractivity contribution in [3.05, 3.63) is 67.1 Å². The van der Waals surface area contributed by atoms with Crippen LogP contribution in [0.25, 0.3) is 0 Å². The smallest absolute Gasteiger partial charge is 0.214 e. The highest BCUT2D eigenvalue weighted by molar-refractivity contribution is 7.71. The summed E-state index contributed by atoms with van der Waals surface area (Å²) in [6.07, 6.45) is 0.743. The van der Waals surface area contributed by atoms with Crippen molar-refractivity contribution in [2.45, 2.75) is 33.4 Å². The molecule has 6 nitrogen and oxygen atoms in total. The molecule has 0 bridgehead atoms. The zero-order chi connectivity index (χ0) is 21.7. The number of hydrogen-bond acceptors (Lipinski definition) is 5. The molecule has 0 saturated heterocycles. The van der Waals surface area contributed by atoms with Crippen LogP contribution in [-0.2, 0) is 19.6 Å². The number of H-pyrrole nitrogens is 1. The zero-order valence-corrected chi connectivity index (χ0v) is 19.6. The van der Waals surface area contributed by atoms with Crippen LogP contribution in [0, 0.1) is 4.77 Å². The topological polar surface area (TPSA) is 64.1 Å². The van der Waals surface area contributed by atoms with Crippen LogP contribution < -0.4 is 14.9 Å². The third-order valence-corrected chi connectivity index (χ3v) is 5.53. The van der Waals surface area contributed by atoms with Crippen LogP contribution in [0.3, 0.4) is 0 Å². The van der Waals surface area contributed by atoms with Gasteiger partial charge in [0.15, 0.2) is 17.3 Å². The second-order valence-corrected chi connectivity index (χ2v) is 7.95. The summed E-state index contributed by atoms with van der Waals surface area (Å²) in [6, 6.07) is 9.06. The molecule has 0 aliphatic heterocycles. The number of hydrogen-bond donors (Lipinski definition) is 2. The van der Waals surface area contributed by atoms with Gasteiger partial charge in [-0.2, -0.15) is 5.10 Å². The lowest BCUT2D eigenvalue weighted by atomic mass is 10.2. The van der Waals surface area contributed by atoms with E-state index in [0.29, 0.717) is 44.5 Å². The molecular formula is C20H21Cl3N4O2S. The van der Waals surface area contributed by atoms with E-state index in [1.807, 2.05) is 32.0 Å². The molecule has 0 saturated carbocycles. The molecule has 1 heterocycles. The third-order valence-electron chi connectivity index (χ3n) is 4.24. The van der Waals surface area contributed by atoms with Gasteiger partial charge in [-0.05, 0) is 54.5 Å². The number of ether oxygens (including phenoxy) is 2. The van der Waals surface area contributed by atoms with Crippen molar-refractivity contribution in [1.82, 2.24) is 14.9 Å². The van der Waals surface area contributed by atoms with E-state index in [1.54, 1.807) is 16.8 Å². The molecule has 30 heavy (non-hydrogen) atoms. The fraction of sp³-hybridized carbons (Fsp3) is 0.300. The van der Waals surface area contributed by atoms with E-state index >= 15 is 0 Å². The number of halogens is 3. The number of rotatable bonds is 9. The molecule has 0 aliphatic rings. The average Bonchev–Trinajstić information content (AvgIpc) is 3.08. The molecular weight excluding hydrogens is 467 g/mol. The molecule has 0 unspecified atom stereocenters. The molecule has 10 heteroatoms. The van der Waals surface area contributed by atoms with Gasteiger partial charge in [0.25, 0.3) is 0 Å². The van der Waals surface area contributed by atoms with Gasteiger partial charge in [0.1, 0.15) is 6.61 Å². The van der Waals surface area contributed by atoms with Crippen molar-refractivity contribution in [1.29, 1.82) is 0 Å². The summed E-state index contributed by atoms with van der Waals surface area (Å²) in [4.78, 5) is 0. The van der Waals surface area contributed by atoms with Crippen LogP contribution in [0.1, 0.15) is 30.8 Å². The molecule has 0 fully saturated rings. The lowest BCUT2D eigenvalue weighted by Gasteiger charge is -2.16. The summed E-state index contributed by atoms with van der Waals surface area (Å²) >= 11 is 23.8. The number of aromatic amines is 1. The Balaban J connectivity index is 1.78. The minimum absolute atomic E-state index is 0.276. The summed E-state index contributed by atoms with van der Waals surface area (Å²) in [5, 5.41) is 8.38. The number of aryl methyl sites for hydroxylation is 1. The predicted molar refractivity (Wildman–Crippen MR) is 123 cm³/mol. The van der Waals surface area contributed by atoms with Gasteiger partial charge in [-0.25, -0.2) is 4.68 Å². The number of nitrogens with one attached hydrogen (secondary N) is 2. The first-order chi connectivity index (χ1) is 14.4. The number of nitrogens with zero attached hydrogens (tertiary/aromatic N) is 2. The number of aromatic nitrogens is 3. The van der Waals surface area contributed by atoms with Crippen molar-refractivity contribution < 1.29 is 9.47 Å². The van der Waals surface area contributed by atoms with Crippen LogP contribution in [0.15, 0.2) is 30.3 Å². The highest BCUT2D eigenvalue weighted by atomic mass is 35.5. The molecule has 0 amide bonds. The van der Waals surface area contributed by atoms with E-state index in [1.165, 1.54) is 0 Å². The first-order valence-electron chi connectivity index (χ1n) is 9.35. The van der Waals surface area contributed by atoms with Gasteiger partial charge in [0.05, 0.1) is 28.2 Å². The SMILES string of the molecule is CCOc1cc(CNn2c(CC)n[nH]c2=S)cc(Cl)c1OCc1ccc(Cl)c(Cl)c1. The van der Waals surface area contributed by atoms with Crippen LogP contribution >= 0.6 is 47.0 Å². The summed E-state index contributed by atoms with van der Waals surface area (Å²) < 4.78 is 14.0. The largest absolute Gasteiger partial charge is 0.490 e. The van der Waals surface area contributed by atoms with E-state index in [9.17, 15) is 0 Å². The van der Waals surface area contributed by atoms with E-state index < -0.39 is 0 Å². The van der Waals surface area contributed by atoms with E-state index in [4.69, 9.17) is 56.5 Å². The summed E-state index contributed by atoms with van der Waals surface area (Å²) in [5.41, 5.74) is 5.03. The monoisotopic (exact) mass is 486 g/mol. The standard InChI is InChI=1S/C20H21Cl3N4O2S/c1-3-18-25-26-20(30)27(18)24-10-13-8-16(23)19(17(9-13)28-4-2)29-11-12-5-6-14(21)15(22)7-12/h5-9,24H,3-4,10-11H2,1-2H3,(H,26,30). The maximum Gasteiger partial charge on any atom is 0.214 e. The van der Waals surface area contributed by atoms with Crippen molar-refractivity contribution >= 4 is 47.0 Å². The molecule has 3 rings (SSSR count). The summed E-state index contributed by atoms with van der Waals surface area (Å²) in [5.74, 6) is 1.86. The zero-order valence-electron chi connectivity index (χ0n) is 16.5. The third kappa shape index (κ3) is 5.40. The second-order valence-electron chi connectivity index (χ2n) is 6.34. The van der Waals surface area contributed by atoms with Gasteiger partial charge < -0.3 is 14.9 Å². The Hall–Kier alpha value is -1.93. The van der Waals surface area contributed by atoms with Crippen LogP contribution in [-0.4, -0.2) is 21.5 Å². The fourth-order valence-corrected chi connectivity index (χ4v) is 3.64. The average molecular weight is 488 g/mol. The van der Waals surface area contributed by atoms with Crippen LogP contribution in [0.4, 0.5) is 0 Å². The van der Waals surface area contributed by atoms with Crippen LogP contribution in [0.2, 0.25) is 15.1 Å². The van der Waals surface area contributed by atoms with Gasteiger partial charge in [-0.15, -0.1) is 0 Å². The lowest BCUT2D eigenvalue weighted by molar-refractivity contribution is 0.269. The first kappa shape index (κ1) is 22.7. The normalized spacial score (nSPS) is 10.8. The van der Waals surface area contributed by atoms with E-state index in [2.05, 4.69) is 15.6 Å². The van der Waals surface area contributed by atoms with Crippen molar-refractivity contribution in [2.75, 3.05) is 12.0 Å². The first-order valence-corrected chi connectivity index (χ1v) is 10.9. The maximum absolute atomic E-state index is 6.52. The lowest BCUT2D eigenvalue weighted by Crippen LogP contribution is -2.17. The Morgan fingerprint density at radius 2 is 1.80 bits per heavy atom. The molecule has 0 aliphatic carbocycles. The minimum atomic E-state index is 0.276. The van der Waals surface area contributed by atoms with Gasteiger partial charge >= 0.3 is 0 Å². The summed E-state index contributed by atoms with van der Waals surface area (Å²) in [6.45, 7) is 5.14. The molecule has 3 aromatic rings. The molecule has 0 radical (unpaired) electrons. The molecule has 2 aromatic carbocycles. The van der Waals surface area contributed by atoms with Crippen molar-refractivity contribution in [3.8, 4) is 11.5 Å². The Morgan fingerprint density at radius 1 is 1.03 bits per heavy atom. The second kappa shape index (κ2) is 10.4. The minimum Gasteiger partial charge on any atom is -0.490 e. The van der Waals surface area contributed by atoms with Gasteiger partial charge in [0.2, 0.25) is 4.77 Å². The van der Waals surface area contributed by atoms with Crippen molar-refractivity contribution in [2.24, 2.45) is 0 Å². The van der Waals surface area contributed by atoms with E-state index in [-0.39, 0.29) is 6.61 Å². The van der Waals surface area contributed by atoms with Gasteiger partial charge in [-0.3, -0.25) is 5.10 Å². The Bertz CT molecular complexity index is 1080.